The van der Waals surface area contributed by atoms with E-state index in [0.717, 1.165) is 16.7 Å². The Morgan fingerprint density at radius 3 is 2.35 bits per heavy atom. The Morgan fingerprint density at radius 2 is 1.76 bits per heavy atom. The Balaban J connectivity index is 2.86. The molecule has 0 atom stereocenters. The molecule has 3 heteroatoms. The largest absolute Gasteiger partial charge is 0.395 e. The summed E-state index contributed by atoms with van der Waals surface area (Å²) in [6.07, 6.45) is 0. The zero-order chi connectivity index (χ0) is 13.0. The van der Waals surface area contributed by atoms with E-state index >= 15 is 0 Å². The summed E-state index contributed by atoms with van der Waals surface area (Å²) in [6.45, 7) is 6.98. The van der Waals surface area contributed by atoms with E-state index in [1.54, 1.807) is 0 Å². The summed E-state index contributed by atoms with van der Waals surface area (Å²) < 4.78 is 0. The van der Waals surface area contributed by atoms with Crippen LogP contribution in [-0.4, -0.2) is 42.5 Å². The average Bonchev–Trinajstić information content (AvgIpc) is 2.23. The number of carbonyl (C=O) groups excluding carboxylic acids is 1. The number of rotatable bonds is 5. The summed E-state index contributed by atoms with van der Waals surface area (Å²) in [5.74, 6) is 0.113. The topological polar surface area (TPSA) is 40.5 Å². The van der Waals surface area contributed by atoms with Gasteiger partial charge in [-0.25, -0.2) is 0 Å². The first-order chi connectivity index (χ1) is 7.95. The lowest BCUT2D eigenvalue weighted by molar-refractivity contribution is 0.0935. The van der Waals surface area contributed by atoms with Crippen molar-refractivity contribution < 1.29 is 9.90 Å². The van der Waals surface area contributed by atoms with Crippen molar-refractivity contribution in [2.24, 2.45) is 0 Å². The van der Waals surface area contributed by atoms with Crippen LogP contribution in [0.3, 0.4) is 0 Å². The third-order valence-electron chi connectivity index (χ3n) is 3.04. The molecule has 0 fully saturated rings. The van der Waals surface area contributed by atoms with Crippen LogP contribution in [0.1, 0.15) is 27.0 Å². The number of aryl methyl sites for hydroxylation is 3. The second-order valence-electron chi connectivity index (χ2n) is 4.64. The number of aliphatic hydroxyl groups is 1. The van der Waals surface area contributed by atoms with Gasteiger partial charge in [0.25, 0.3) is 0 Å². The van der Waals surface area contributed by atoms with E-state index in [-0.39, 0.29) is 12.4 Å². The molecular formula is C14H21NO2. The van der Waals surface area contributed by atoms with Gasteiger partial charge in [0.05, 0.1) is 13.2 Å². The molecule has 0 saturated carbocycles. The van der Waals surface area contributed by atoms with Gasteiger partial charge in [0, 0.05) is 12.1 Å². The van der Waals surface area contributed by atoms with Gasteiger partial charge in [-0.15, -0.1) is 0 Å². The predicted octanol–water partition coefficient (Wildman–Crippen LogP) is 1.72. The molecule has 3 nitrogen and oxygen atoms in total. The third-order valence-corrected chi connectivity index (χ3v) is 3.04. The highest BCUT2D eigenvalue weighted by atomic mass is 16.3. The van der Waals surface area contributed by atoms with Crippen LogP contribution in [0.2, 0.25) is 0 Å². The standard InChI is InChI=1S/C14H21NO2/c1-10-7-12(3)13(8-11(10)2)14(17)9-15(4)5-6-16/h7-8,16H,5-6,9H2,1-4H3. The number of benzene rings is 1. The van der Waals surface area contributed by atoms with Crippen molar-refractivity contribution in [1.82, 2.24) is 4.90 Å². The van der Waals surface area contributed by atoms with Gasteiger partial charge in [-0.3, -0.25) is 9.69 Å². The number of hydrogen-bond acceptors (Lipinski definition) is 3. The molecule has 0 aromatic heterocycles. The number of ketones is 1. The fourth-order valence-electron chi connectivity index (χ4n) is 1.84. The van der Waals surface area contributed by atoms with Crippen molar-refractivity contribution in [3.8, 4) is 0 Å². The van der Waals surface area contributed by atoms with Crippen molar-refractivity contribution in [1.29, 1.82) is 0 Å². The van der Waals surface area contributed by atoms with Crippen molar-refractivity contribution in [3.63, 3.8) is 0 Å². The van der Waals surface area contributed by atoms with Crippen molar-refractivity contribution in [2.45, 2.75) is 20.8 Å². The van der Waals surface area contributed by atoms with Gasteiger partial charge in [-0.1, -0.05) is 6.07 Å². The first-order valence-electron chi connectivity index (χ1n) is 5.86. The summed E-state index contributed by atoms with van der Waals surface area (Å²) in [5, 5.41) is 8.80. The molecule has 0 saturated heterocycles. The molecule has 94 valence electrons. The van der Waals surface area contributed by atoms with Crippen LogP contribution < -0.4 is 0 Å². The maximum Gasteiger partial charge on any atom is 0.177 e. The van der Waals surface area contributed by atoms with Crippen molar-refractivity contribution in [2.75, 3.05) is 26.7 Å². The molecule has 0 aliphatic heterocycles. The Morgan fingerprint density at radius 1 is 1.18 bits per heavy atom. The Labute approximate surface area is 103 Å². The fourth-order valence-corrected chi connectivity index (χ4v) is 1.84. The number of Topliss-reactive ketones (excluding diaryl/α,β-unsaturated/α-hetero) is 1. The average molecular weight is 235 g/mol. The minimum Gasteiger partial charge on any atom is -0.395 e. The molecule has 0 aliphatic carbocycles. The smallest absolute Gasteiger partial charge is 0.177 e. The number of carbonyl (C=O) groups is 1. The molecule has 17 heavy (non-hydrogen) atoms. The lowest BCUT2D eigenvalue weighted by Gasteiger charge is -2.15. The van der Waals surface area contributed by atoms with Crippen LogP contribution in [-0.2, 0) is 0 Å². The number of hydrogen-bond donors (Lipinski definition) is 1. The second-order valence-corrected chi connectivity index (χ2v) is 4.64. The van der Waals surface area contributed by atoms with Gasteiger partial charge in [0.15, 0.2) is 5.78 Å². The van der Waals surface area contributed by atoms with Gasteiger partial charge in [-0.2, -0.15) is 0 Å². The molecule has 1 aromatic rings. The Kier molecular flexibility index (Phi) is 4.85. The minimum atomic E-state index is 0.0791. The van der Waals surface area contributed by atoms with Crippen LogP contribution >= 0.6 is 0 Å². The molecule has 1 aromatic carbocycles. The summed E-state index contributed by atoms with van der Waals surface area (Å²) in [4.78, 5) is 13.9. The Bertz CT molecular complexity index is 413. The molecule has 0 unspecified atom stereocenters. The van der Waals surface area contributed by atoms with E-state index in [1.807, 2.05) is 31.9 Å². The molecule has 0 amide bonds. The quantitative estimate of drug-likeness (QED) is 0.790. The zero-order valence-electron chi connectivity index (χ0n) is 11.1. The van der Waals surface area contributed by atoms with E-state index in [0.29, 0.717) is 13.1 Å². The highest BCUT2D eigenvalue weighted by Gasteiger charge is 2.12. The summed E-state index contributed by atoms with van der Waals surface area (Å²) in [7, 11) is 1.84. The lowest BCUT2D eigenvalue weighted by Crippen LogP contribution is -2.29. The van der Waals surface area contributed by atoms with Gasteiger partial charge in [0.2, 0.25) is 0 Å². The van der Waals surface area contributed by atoms with E-state index in [9.17, 15) is 4.79 Å². The molecule has 0 bridgehead atoms. The summed E-state index contributed by atoms with van der Waals surface area (Å²) >= 11 is 0. The van der Waals surface area contributed by atoms with Crippen LogP contribution in [0.5, 0.6) is 0 Å². The number of likely N-dealkylation sites (N-methyl/N-ethyl adjacent to an activating group) is 1. The normalized spacial score (nSPS) is 10.9. The van der Waals surface area contributed by atoms with Crippen LogP contribution in [0.25, 0.3) is 0 Å². The molecule has 0 spiro atoms. The van der Waals surface area contributed by atoms with Crippen LogP contribution in [0, 0.1) is 20.8 Å². The first-order valence-corrected chi connectivity index (χ1v) is 5.86. The summed E-state index contributed by atoms with van der Waals surface area (Å²) in [6, 6.07) is 4.01. The van der Waals surface area contributed by atoms with E-state index in [2.05, 4.69) is 13.0 Å². The maximum absolute atomic E-state index is 12.1. The molecule has 1 N–H and O–H groups in total. The number of nitrogens with zero attached hydrogens (tertiary/aromatic N) is 1. The fraction of sp³-hybridized carbons (Fsp3) is 0.500. The molecule has 1 rings (SSSR count). The van der Waals surface area contributed by atoms with Crippen molar-refractivity contribution in [3.05, 3.63) is 34.4 Å². The highest BCUT2D eigenvalue weighted by Crippen LogP contribution is 2.16. The van der Waals surface area contributed by atoms with E-state index in [1.165, 1.54) is 5.56 Å². The van der Waals surface area contributed by atoms with Crippen LogP contribution in [0.15, 0.2) is 12.1 Å². The summed E-state index contributed by atoms with van der Waals surface area (Å²) in [5.41, 5.74) is 4.17. The predicted molar refractivity (Wildman–Crippen MR) is 69.6 cm³/mol. The molecular weight excluding hydrogens is 214 g/mol. The minimum absolute atomic E-state index is 0.0791. The lowest BCUT2D eigenvalue weighted by atomic mass is 9.98. The van der Waals surface area contributed by atoms with Gasteiger partial charge >= 0.3 is 0 Å². The molecule has 0 aliphatic rings. The molecule has 0 radical (unpaired) electrons. The Hall–Kier alpha value is -1.19. The van der Waals surface area contributed by atoms with E-state index < -0.39 is 0 Å². The van der Waals surface area contributed by atoms with Crippen LogP contribution in [0.4, 0.5) is 0 Å². The first kappa shape index (κ1) is 13.9. The van der Waals surface area contributed by atoms with Gasteiger partial charge < -0.3 is 5.11 Å². The highest BCUT2D eigenvalue weighted by molar-refractivity contribution is 5.99. The maximum atomic E-state index is 12.1. The molecule has 0 heterocycles. The number of aliphatic hydroxyl groups excluding tert-OH is 1. The van der Waals surface area contributed by atoms with Crippen molar-refractivity contribution >= 4 is 5.78 Å². The monoisotopic (exact) mass is 235 g/mol. The zero-order valence-corrected chi connectivity index (χ0v) is 11.1. The van der Waals surface area contributed by atoms with Gasteiger partial charge in [0.1, 0.15) is 0 Å². The van der Waals surface area contributed by atoms with E-state index in [4.69, 9.17) is 5.11 Å². The van der Waals surface area contributed by atoms with Gasteiger partial charge in [-0.05, 0) is 50.6 Å². The second kappa shape index (κ2) is 5.94. The third kappa shape index (κ3) is 3.65. The SMILES string of the molecule is Cc1cc(C)c(C(=O)CN(C)CCO)cc1C.